The molecule has 16 heavy (non-hydrogen) atoms. The molecule has 1 fully saturated rings. The minimum atomic E-state index is -0.490. The SMILES string of the molecule is Cc1cccc(OC2CC(=O)C2(C)C)c1F. The lowest BCUT2D eigenvalue weighted by Crippen LogP contribution is -2.53. The second kappa shape index (κ2) is 3.58. The second-order valence-electron chi connectivity index (χ2n) is 4.84. The minimum absolute atomic E-state index is 0.172. The van der Waals surface area contributed by atoms with E-state index in [1.807, 2.05) is 13.8 Å². The van der Waals surface area contributed by atoms with Crippen LogP contribution >= 0.6 is 0 Å². The van der Waals surface area contributed by atoms with Gasteiger partial charge in [0.1, 0.15) is 11.9 Å². The molecule has 1 aromatic carbocycles. The third-order valence-electron chi connectivity index (χ3n) is 3.32. The molecule has 0 saturated heterocycles. The van der Waals surface area contributed by atoms with Crippen molar-refractivity contribution in [2.45, 2.75) is 33.3 Å². The van der Waals surface area contributed by atoms with Gasteiger partial charge in [-0.2, -0.15) is 0 Å². The molecule has 1 aliphatic carbocycles. The third kappa shape index (κ3) is 1.60. The molecule has 1 atom stereocenters. The van der Waals surface area contributed by atoms with E-state index in [-0.39, 0.29) is 23.5 Å². The second-order valence-corrected chi connectivity index (χ2v) is 4.84. The number of rotatable bonds is 2. The molecule has 86 valence electrons. The monoisotopic (exact) mass is 222 g/mol. The summed E-state index contributed by atoms with van der Waals surface area (Å²) in [7, 11) is 0. The van der Waals surface area contributed by atoms with Gasteiger partial charge in [0.2, 0.25) is 0 Å². The van der Waals surface area contributed by atoms with E-state index in [1.54, 1.807) is 25.1 Å². The maximum atomic E-state index is 13.7. The van der Waals surface area contributed by atoms with E-state index in [1.165, 1.54) is 0 Å². The number of halogens is 1. The molecule has 0 bridgehead atoms. The number of ether oxygens (including phenoxy) is 1. The van der Waals surface area contributed by atoms with Gasteiger partial charge in [-0.05, 0) is 32.4 Å². The first kappa shape index (κ1) is 11.1. The van der Waals surface area contributed by atoms with Crippen molar-refractivity contribution in [3.63, 3.8) is 0 Å². The highest BCUT2D eigenvalue weighted by molar-refractivity contribution is 5.91. The zero-order chi connectivity index (χ0) is 11.9. The summed E-state index contributed by atoms with van der Waals surface area (Å²) in [4.78, 5) is 11.3. The van der Waals surface area contributed by atoms with E-state index in [9.17, 15) is 9.18 Å². The number of carbonyl (C=O) groups excluding carboxylic acids is 1. The molecule has 3 heteroatoms. The van der Waals surface area contributed by atoms with Crippen LogP contribution in [0.4, 0.5) is 4.39 Å². The van der Waals surface area contributed by atoms with Crippen molar-refractivity contribution >= 4 is 5.78 Å². The fraction of sp³-hybridized carbons (Fsp3) is 0.462. The van der Waals surface area contributed by atoms with Crippen LogP contribution in [0, 0.1) is 18.2 Å². The van der Waals surface area contributed by atoms with Crippen molar-refractivity contribution in [1.29, 1.82) is 0 Å². The van der Waals surface area contributed by atoms with Crippen LogP contribution in [0.25, 0.3) is 0 Å². The lowest BCUT2D eigenvalue weighted by Gasteiger charge is -2.41. The van der Waals surface area contributed by atoms with E-state index in [4.69, 9.17) is 4.74 Å². The summed E-state index contributed by atoms with van der Waals surface area (Å²) in [5.74, 6) is 0.0776. The summed E-state index contributed by atoms with van der Waals surface area (Å²) in [6, 6.07) is 5.04. The first-order chi connectivity index (χ1) is 7.43. The third-order valence-corrected chi connectivity index (χ3v) is 3.32. The van der Waals surface area contributed by atoms with Crippen LogP contribution in [0.2, 0.25) is 0 Å². The fourth-order valence-electron chi connectivity index (χ4n) is 1.79. The van der Waals surface area contributed by atoms with Crippen LogP contribution in [0.3, 0.4) is 0 Å². The molecule has 1 aromatic rings. The first-order valence-corrected chi connectivity index (χ1v) is 5.38. The number of ketones is 1. The number of hydrogen-bond donors (Lipinski definition) is 0. The zero-order valence-corrected chi connectivity index (χ0v) is 9.71. The molecule has 0 spiro atoms. The van der Waals surface area contributed by atoms with Crippen LogP contribution in [0.1, 0.15) is 25.8 Å². The predicted octanol–water partition coefficient (Wildman–Crippen LogP) is 2.88. The Labute approximate surface area is 94.4 Å². The average Bonchev–Trinajstić information content (AvgIpc) is 2.24. The largest absolute Gasteiger partial charge is 0.486 e. The molecule has 2 rings (SSSR count). The van der Waals surface area contributed by atoms with Gasteiger partial charge in [-0.25, -0.2) is 4.39 Å². The van der Waals surface area contributed by atoms with Gasteiger partial charge in [0.05, 0.1) is 5.41 Å². The minimum Gasteiger partial charge on any atom is -0.486 e. The molecule has 0 aromatic heterocycles. The number of aryl methyl sites for hydroxylation is 1. The molecular formula is C13H15FO2. The predicted molar refractivity (Wildman–Crippen MR) is 59.0 cm³/mol. The van der Waals surface area contributed by atoms with E-state index in [0.29, 0.717) is 12.0 Å². The Bertz CT molecular complexity index is 438. The van der Waals surface area contributed by atoms with E-state index in [2.05, 4.69) is 0 Å². The van der Waals surface area contributed by atoms with Gasteiger partial charge < -0.3 is 4.74 Å². The normalized spacial score (nSPS) is 22.8. The molecule has 0 aliphatic heterocycles. The lowest BCUT2D eigenvalue weighted by molar-refractivity contribution is -0.148. The van der Waals surface area contributed by atoms with Gasteiger partial charge in [0.25, 0.3) is 0 Å². The van der Waals surface area contributed by atoms with Crippen LogP contribution in [-0.4, -0.2) is 11.9 Å². The molecule has 1 aliphatic rings. The van der Waals surface area contributed by atoms with Crippen molar-refractivity contribution in [3.8, 4) is 5.75 Å². The highest BCUT2D eigenvalue weighted by Crippen LogP contribution is 2.39. The molecule has 1 saturated carbocycles. The Balaban J connectivity index is 2.17. The van der Waals surface area contributed by atoms with Gasteiger partial charge in [-0.3, -0.25) is 4.79 Å². The summed E-state index contributed by atoms with van der Waals surface area (Å²) in [5, 5.41) is 0. The highest BCUT2D eigenvalue weighted by Gasteiger charge is 2.49. The summed E-state index contributed by atoms with van der Waals surface area (Å²) in [6.45, 7) is 5.35. The van der Waals surface area contributed by atoms with Gasteiger partial charge in [-0.15, -0.1) is 0 Å². The molecular weight excluding hydrogens is 207 g/mol. The van der Waals surface area contributed by atoms with E-state index < -0.39 is 5.41 Å². The number of benzene rings is 1. The summed E-state index contributed by atoms with van der Waals surface area (Å²) in [6.07, 6.45) is 0.164. The summed E-state index contributed by atoms with van der Waals surface area (Å²) < 4.78 is 19.2. The standard InChI is InChI=1S/C13H15FO2/c1-8-5-4-6-9(12(8)14)16-11-7-10(15)13(11,2)3/h4-6,11H,7H2,1-3H3. The molecule has 0 amide bonds. The van der Waals surface area contributed by atoms with Gasteiger partial charge in [-0.1, -0.05) is 12.1 Å². The number of Topliss-reactive ketones (excluding diaryl/α,β-unsaturated/α-hetero) is 1. The smallest absolute Gasteiger partial charge is 0.167 e. The number of carbonyl (C=O) groups is 1. The Hall–Kier alpha value is -1.38. The quantitative estimate of drug-likeness (QED) is 0.769. The van der Waals surface area contributed by atoms with E-state index >= 15 is 0 Å². The Kier molecular flexibility index (Phi) is 2.49. The maximum absolute atomic E-state index is 13.7. The molecule has 0 N–H and O–H groups in total. The van der Waals surface area contributed by atoms with Gasteiger partial charge in [0, 0.05) is 6.42 Å². The lowest BCUT2D eigenvalue weighted by atomic mass is 9.68. The zero-order valence-electron chi connectivity index (χ0n) is 9.71. The topological polar surface area (TPSA) is 26.3 Å². The van der Waals surface area contributed by atoms with Crippen molar-refractivity contribution in [1.82, 2.24) is 0 Å². The Morgan fingerprint density at radius 1 is 1.44 bits per heavy atom. The van der Waals surface area contributed by atoms with Crippen molar-refractivity contribution in [2.24, 2.45) is 5.41 Å². The van der Waals surface area contributed by atoms with Crippen LogP contribution in [0.5, 0.6) is 5.75 Å². The Morgan fingerprint density at radius 2 is 2.12 bits per heavy atom. The van der Waals surface area contributed by atoms with Gasteiger partial charge in [0.15, 0.2) is 11.6 Å². The van der Waals surface area contributed by atoms with Crippen molar-refractivity contribution in [2.75, 3.05) is 0 Å². The van der Waals surface area contributed by atoms with Crippen molar-refractivity contribution in [3.05, 3.63) is 29.6 Å². The summed E-state index contributed by atoms with van der Waals surface area (Å²) in [5.41, 5.74) is 0.0665. The number of hydrogen-bond acceptors (Lipinski definition) is 2. The first-order valence-electron chi connectivity index (χ1n) is 5.38. The molecule has 1 unspecified atom stereocenters. The average molecular weight is 222 g/mol. The molecule has 2 nitrogen and oxygen atoms in total. The molecule has 0 radical (unpaired) electrons. The van der Waals surface area contributed by atoms with Crippen LogP contribution in [-0.2, 0) is 4.79 Å². The summed E-state index contributed by atoms with van der Waals surface area (Å²) >= 11 is 0. The van der Waals surface area contributed by atoms with Crippen LogP contribution in [0.15, 0.2) is 18.2 Å². The van der Waals surface area contributed by atoms with Gasteiger partial charge >= 0.3 is 0 Å². The van der Waals surface area contributed by atoms with E-state index in [0.717, 1.165) is 0 Å². The Morgan fingerprint density at radius 3 is 2.69 bits per heavy atom. The maximum Gasteiger partial charge on any atom is 0.167 e. The molecule has 0 heterocycles. The highest BCUT2D eigenvalue weighted by atomic mass is 19.1. The van der Waals surface area contributed by atoms with Crippen molar-refractivity contribution < 1.29 is 13.9 Å². The van der Waals surface area contributed by atoms with Crippen LogP contribution < -0.4 is 4.74 Å². The fourth-order valence-corrected chi connectivity index (χ4v) is 1.79.